The van der Waals surface area contributed by atoms with Crippen molar-refractivity contribution >= 4 is 11.9 Å². The van der Waals surface area contributed by atoms with Crippen molar-refractivity contribution in [3.05, 3.63) is 0 Å². The Morgan fingerprint density at radius 3 is 2.81 bits per heavy atom. The molecule has 0 aromatic carbocycles. The van der Waals surface area contributed by atoms with Crippen LogP contribution in [0, 0.1) is 0 Å². The van der Waals surface area contributed by atoms with Gasteiger partial charge in [-0.05, 0) is 13.8 Å². The first-order valence-corrected chi connectivity index (χ1v) is 5.24. The highest BCUT2D eigenvalue weighted by Crippen LogP contribution is 2.08. The van der Waals surface area contributed by atoms with Gasteiger partial charge in [-0.25, -0.2) is 4.79 Å². The van der Waals surface area contributed by atoms with E-state index in [9.17, 15) is 9.59 Å². The van der Waals surface area contributed by atoms with Crippen molar-refractivity contribution in [3.8, 4) is 0 Å². The van der Waals surface area contributed by atoms with Gasteiger partial charge < -0.3 is 19.5 Å². The molecule has 0 saturated carbocycles. The third kappa shape index (κ3) is 3.46. The summed E-state index contributed by atoms with van der Waals surface area (Å²) >= 11 is 0. The SMILES string of the molecule is CC(C)OCC(=O)N1CCOCC1C(=O)O. The van der Waals surface area contributed by atoms with E-state index in [1.807, 2.05) is 13.8 Å². The lowest BCUT2D eigenvalue weighted by atomic mass is 10.2. The van der Waals surface area contributed by atoms with Crippen LogP contribution in [0.2, 0.25) is 0 Å². The first-order chi connectivity index (χ1) is 7.52. The number of carbonyl (C=O) groups excluding carboxylic acids is 1. The fourth-order valence-corrected chi connectivity index (χ4v) is 1.43. The maximum atomic E-state index is 11.7. The molecule has 1 aliphatic rings. The van der Waals surface area contributed by atoms with Crippen LogP contribution in [0.4, 0.5) is 0 Å². The fraction of sp³-hybridized carbons (Fsp3) is 0.800. The van der Waals surface area contributed by atoms with E-state index >= 15 is 0 Å². The maximum Gasteiger partial charge on any atom is 0.328 e. The Kier molecular flexibility index (Phi) is 4.70. The second-order valence-electron chi connectivity index (χ2n) is 3.88. The van der Waals surface area contributed by atoms with E-state index in [-0.39, 0.29) is 25.2 Å². The smallest absolute Gasteiger partial charge is 0.328 e. The monoisotopic (exact) mass is 231 g/mol. The topological polar surface area (TPSA) is 76.1 Å². The lowest BCUT2D eigenvalue weighted by molar-refractivity contribution is -0.161. The summed E-state index contributed by atoms with van der Waals surface area (Å²) in [5.74, 6) is -1.35. The van der Waals surface area contributed by atoms with E-state index in [4.69, 9.17) is 14.6 Å². The summed E-state index contributed by atoms with van der Waals surface area (Å²) in [6.07, 6.45) is -0.0479. The quantitative estimate of drug-likeness (QED) is 0.720. The third-order valence-electron chi connectivity index (χ3n) is 2.27. The van der Waals surface area contributed by atoms with E-state index < -0.39 is 12.0 Å². The number of hydrogen-bond acceptors (Lipinski definition) is 4. The Bertz CT molecular complexity index is 266. The first kappa shape index (κ1) is 12.9. The molecule has 0 aromatic rings. The molecule has 1 aliphatic heterocycles. The summed E-state index contributed by atoms with van der Waals surface area (Å²) < 4.78 is 10.2. The summed E-state index contributed by atoms with van der Waals surface area (Å²) in [5.41, 5.74) is 0. The Hall–Kier alpha value is -1.14. The average molecular weight is 231 g/mol. The number of nitrogens with zero attached hydrogens (tertiary/aromatic N) is 1. The number of hydrogen-bond donors (Lipinski definition) is 1. The van der Waals surface area contributed by atoms with Crippen molar-refractivity contribution in [2.24, 2.45) is 0 Å². The van der Waals surface area contributed by atoms with Crippen LogP contribution in [0.5, 0.6) is 0 Å². The van der Waals surface area contributed by atoms with E-state index in [2.05, 4.69) is 0 Å². The van der Waals surface area contributed by atoms with Crippen molar-refractivity contribution < 1.29 is 24.2 Å². The molecule has 92 valence electrons. The van der Waals surface area contributed by atoms with Crippen LogP contribution < -0.4 is 0 Å². The number of aliphatic carboxylic acids is 1. The maximum absolute atomic E-state index is 11.7. The second kappa shape index (κ2) is 5.81. The van der Waals surface area contributed by atoms with Gasteiger partial charge in [0.05, 0.1) is 19.3 Å². The summed E-state index contributed by atoms with van der Waals surface area (Å²) in [6, 6.07) is -0.892. The minimum atomic E-state index is -1.04. The van der Waals surface area contributed by atoms with Gasteiger partial charge in [-0.2, -0.15) is 0 Å². The number of amides is 1. The predicted octanol–water partition coefficient (Wildman–Crippen LogP) is -0.277. The molecule has 6 nitrogen and oxygen atoms in total. The number of carboxylic acid groups (broad SMARTS) is 1. The van der Waals surface area contributed by atoms with Crippen LogP contribution in [-0.2, 0) is 19.1 Å². The number of morpholine rings is 1. The average Bonchev–Trinajstić information content (AvgIpc) is 2.25. The van der Waals surface area contributed by atoms with Gasteiger partial charge in [-0.1, -0.05) is 0 Å². The molecule has 1 rings (SSSR count). The fourth-order valence-electron chi connectivity index (χ4n) is 1.43. The molecule has 6 heteroatoms. The van der Waals surface area contributed by atoms with Crippen LogP contribution in [-0.4, -0.2) is 60.4 Å². The zero-order chi connectivity index (χ0) is 12.1. The van der Waals surface area contributed by atoms with Gasteiger partial charge in [-0.15, -0.1) is 0 Å². The number of rotatable bonds is 4. The number of carboxylic acids is 1. The summed E-state index contributed by atoms with van der Waals surface area (Å²) in [4.78, 5) is 23.9. The normalized spacial score (nSPS) is 21.2. The van der Waals surface area contributed by atoms with Crippen LogP contribution in [0.1, 0.15) is 13.8 Å². The van der Waals surface area contributed by atoms with E-state index in [1.54, 1.807) is 0 Å². The van der Waals surface area contributed by atoms with E-state index in [1.165, 1.54) is 4.90 Å². The first-order valence-electron chi connectivity index (χ1n) is 5.24. The Balaban J connectivity index is 2.54. The molecule has 1 amide bonds. The van der Waals surface area contributed by atoms with Gasteiger partial charge in [0.15, 0.2) is 6.04 Å². The summed E-state index contributed by atoms with van der Waals surface area (Å²) in [5, 5.41) is 8.92. The molecule has 1 atom stereocenters. The van der Waals surface area contributed by atoms with Gasteiger partial charge >= 0.3 is 5.97 Å². The van der Waals surface area contributed by atoms with Crippen molar-refractivity contribution in [2.75, 3.05) is 26.4 Å². The Labute approximate surface area is 94.1 Å². The minimum Gasteiger partial charge on any atom is -0.480 e. The van der Waals surface area contributed by atoms with Crippen LogP contribution in [0.15, 0.2) is 0 Å². The van der Waals surface area contributed by atoms with Crippen LogP contribution in [0.3, 0.4) is 0 Å². The van der Waals surface area contributed by atoms with Gasteiger partial charge in [0.25, 0.3) is 0 Å². The van der Waals surface area contributed by atoms with Gasteiger partial charge in [0.1, 0.15) is 6.61 Å². The molecular formula is C10H17NO5. The number of ether oxygens (including phenoxy) is 2. The lowest BCUT2D eigenvalue weighted by Crippen LogP contribution is -2.53. The van der Waals surface area contributed by atoms with Crippen molar-refractivity contribution in [1.82, 2.24) is 4.90 Å². The summed E-state index contributed by atoms with van der Waals surface area (Å²) in [7, 11) is 0. The van der Waals surface area contributed by atoms with E-state index in [0.29, 0.717) is 13.2 Å². The second-order valence-corrected chi connectivity index (χ2v) is 3.88. The van der Waals surface area contributed by atoms with Crippen LogP contribution >= 0.6 is 0 Å². The van der Waals surface area contributed by atoms with E-state index in [0.717, 1.165) is 0 Å². The highest BCUT2D eigenvalue weighted by Gasteiger charge is 2.32. The molecule has 1 heterocycles. The Morgan fingerprint density at radius 1 is 1.56 bits per heavy atom. The summed E-state index contributed by atoms with van der Waals surface area (Å²) in [6.45, 7) is 4.28. The Morgan fingerprint density at radius 2 is 2.25 bits per heavy atom. The standard InChI is InChI=1S/C10H17NO5/c1-7(2)16-6-9(12)11-3-4-15-5-8(11)10(13)14/h7-8H,3-6H2,1-2H3,(H,13,14). The highest BCUT2D eigenvalue weighted by atomic mass is 16.5. The van der Waals surface area contributed by atoms with Gasteiger partial charge in [0.2, 0.25) is 5.91 Å². The molecule has 16 heavy (non-hydrogen) atoms. The third-order valence-corrected chi connectivity index (χ3v) is 2.27. The van der Waals surface area contributed by atoms with Crippen molar-refractivity contribution in [2.45, 2.75) is 26.0 Å². The highest BCUT2D eigenvalue weighted by molar-refractivity contribution is 5.84. The van der Waals surface area contributed by atoms with Gasteiger partial charge in [0, 0.05) is 6.54 Å². The molecular weight excluding hydrogens is 214 g/mol. The molecule has 0 radical (unpaired) electrons. The number of carbonyl (C=O) groups is 2. The molecule has 1 N–H and O–H groups in total. The molecule has 1 unspecified atom stereocenters. The molecule has 1 saturated heterocycles. The molecule has 0 aliphatic carbocycles. The molecule has 0 spiro atoms. The molecule has 0 aromatic heterocycles. The minimum absolute atomic E-state index is 0.0444. The zero-order valence-corrected chi connectivity index (χ0v) is 9.51. The van der Waals surface area contributed by atoms with Crippen molar-refractivity contribution in [1.29, 1.82) is 0 Å². The van der Waals surface area contributed by atoms with Crippen molar-refractivity contribution in [3.63, 3.8) is 0 Å². The lowest BCUT2D eigenvalue weighted by Gasteiger charge is -2.32. The molecule has 1 fully saturated rings. The zero-order valence-electron chi connectivity index (χ0n) is 9.51. The largest absolute Gasteiger partial charge is 0.480 e. The van der Waals surface area contributed by atoms with Crippen LogP contribution in [0.25, 0.3) is 0 Å². The van der Waals surface area contributed by atoms with Gasteiger partial charge in [-0.3, -0.25) is 4.79 Å². The molecule has 0 bridgehead atoms. The predicted molar refractivity (Wildman–Crippen MR) is 55.0 cm³/mol.